The van der Waals surface area contributed by atoms with Crippen molar-refractivity contribution in [2.24, 2.45) is 4.99 Å². The van der Waals surface area contributed by atoms with Crippen LogP contribution >= 0.6 is 23.4 Å². The molecule has 0 spiro atoms. The smallest absolute Gasteiger partial charge is 0.328 e. The zero-order valence-electron chi connectivity index (χ0n) is 19.4. The molecule has 0 unspecified atom stereocenters. The molecule has 0 bridgehead atoms. The van der Waals surface area contributed by atoms with Gasteiger partial charge in [-0.1, -0.05) is 47.6 Å². The van der Waals surface area contributed by atoms with Crippen molar-refractivity contribution in [2.75, 3.05) is 11.9 Å². The summed E-state index contributed by atoms with van der Waals surface area (Å²) in [6.07, 6.45) is -0.150. The highest BCUT2D eigenvalue weighted by molar-refractivity contribution is 8.15. The molecule has 2 aromatic carbocycles. The molecule has 192 valence electrons. The molecule has 0 radical (unpaired) electrons. The maximum absolute atomic E-state index is 12.7. The Labute approximate surface area is 219 Å². The van der Waals surface area contributed by atoms with Crippen LogP contribution in [0.2, 0.25) is 5.02 Å². The van der Waals surface area contributed by atoms with E-state index in [0.717, 1.165) is 11.8 Å². The van der Waals surface area contributed by atoms with Crippen LogP contribution in [0.4, 0.5) is 5.69 Å². The van der Waals surface area contributed by atoms with E-state index in [1.54, 1.807) is 48.5 Å². The average Bonchev–Trinajstić information content (AvgIpc) is 3.17. The molecular formula is C24H22ClN5O6S. The molecule has 2 atom stereocenters. The number of aromatic nitrogens is 2. The number of anilines is 1. The van der Waals surface area contributed by atoms with E-state index >= 15 is 0 Å². The number of aliphatic imine (C=N–C) groups is 1. The van der Waals surface area contributed by atoms with Crippen molar-refractivity contribution < 1.29 is 19.4 Å². The number of aromatic hydroxyl groups is 1. The van der Waals surface area contributed by atoms with E-state index in [-0.39, 0.29) is 17.2 Å². The van der Waals surface area contributed by atoms with Gasteiger partial charge in [0, 0.05) is 11.4 Å². The Morgan fingerprint density at radius 2 is 1.97 bits per heavy atom. The Hall–Kier alpha value is -4.03. The fourth-order valence-electron chi connectivity index (χ4n) is 3.66. The second-order valence-corrected chi connectivity index (χ2v) is 9.47. The number of benzene rings is 2. The van der Waals surface area contributed by atoms with Crippen molar-refractivity contribution in [3.8, 4) is 11.6 Å². The van der Waals surface area contributed by atoms with Gasteiger partial charge in [-0.25, -0.2) is 9.79 Å². The van der Waals surface area contributed by atoms with Crippen molar-refractivity contribution in [1.29, 1.82) is 0 Å². The maximum atomic E-state index is 12.7. The summed E-state index contributed by atoms with van der Waals surface area (Å²) in [4.78, 5) is 58.1. The Bertz CT molecular complexity index is 1490. The van der Waals surface area contributed by atoms with Gasteiger partial charge < -0.3 is 20.5 Å². The molecule has 3 aromatic rings. The van der Waals surface area contributed by atoms with E-state index in [9.17, 15) is 24.3 Å². The van der Waals surface area contributed by atoms with Gasteiger partial charge in [0.25, 0.3) is 5.56 Å². The van der Waals surface area contributed by atoms with Gasteiger partial charge in [-0.2, -0.15) is 0 Å². The molecule has 1 saturated heterocycles. The average molecular weight is 544 g/mol. The number of hydrogen-bond acceptors (Lipinski definition) is 8. The molecule has 1 aromatic heterocycles. The van der Waals surface area contributed by atoms with Crippen LogP contribution in [0.15, 0.2) is 63.1 Å². The first-order valence-corrected chi connectivity index (χ1v) is 12.4. The Kier molecular flexibility index (Phi) is 7.99. The van der Waals surface area contributed by atoms with Crippen molar-refractivity contribution in [3.63, 3.8) is 0 Å². The number of halogens is 1. The Morgan fingerprint density at radius 3 is 2.70 bits per heavy atom. The lowest BCUT2D eigenvalue weighted by atomic mass is 10.0. The molecule has 13 heteroatoms. The van der Waals surface area contributed by atoms with E-state index in [1.165, 1.54) is 0 Å². The van der Waals surface area contributed by atoms with Gasteiger partial charge in [0.15, 0.2) is 5.17 Å². The third-order valence-corrected chi connectivity index (χ3v) is 6.58. The summed E-state index contributed by atoms with van der Waals surface area (Å²) in [6, 6.07) is 12.3. The van der Waals surface area contributed by atoms with Gasteiger partial charge in [0.2, 0.25) is 17.7 Å². The van der Waals surface area contributed by atoms with Crippen LogP contribution < -0.4 is 26.6 Å². The lowest BCUT2D eigenvalue weighted by Gasteiger charge is -2.15. The van der Waals surface area contributed by atoms with Crippen LogP contribution in [0, 0.1) is 0 Å². The number of H-pyrrole nitrogens is 2. The number of hydrogen-bond donors (Lipinski definition) is 5. The summed E-state index contributed by atoms with van der Waals surface area (Å²) in [5.74, 6) is -0.996. The number of nitrogens with zero attached hydrogens (tertiary/aromatic N) is 1. The van der Waals surface area contributed by atoms with Crippen molar-refractivity contribution in [1.82, 2.24) is 15.3 Å². The van der Waals surface area contributed by atoms with Crippen LogP contribution in [0.25, 0.3) is 0 Å². The predicted octanol–water partition coefficient (Wildman–Crippen LogP) is 2.53. The van der Waals surface area contributed by atoms with Gasteiger partial charge >= 0.3 is 5.69 Å². The quantitative estimate of drug-likeness (QED) is 0.291. The molecule has 0 saturated carbocycles. The molecule has 2 amide bonds. The topological polar surface area (TPSA) is 166 Å². The van der Waals surface area contributed by atoms with Crippen LogP contribution in [0.1, 0.15) is 30.5 Å². The molecule has 11 nitrogen and oxygen atoms in total. The van der Waals surface area contributed by atoms with Crippen LogP contribution in [0.5, 0.6) is 11.6 Å². The molecule has 0 aliphatic carbocycles. The minimum absolute atomic E-state index is 0.132. The number of amides is 2. The van der Waals surface area contributed by atoms with Crippen LogP contribution in [-0.4, -0.2) is 43.9 Å². The van der Waals surface area contributed by atoms with Gasteiger partial charge in [0.1, 0.15) is 22.6 Å². The molecule has 4 rings (SSSR count). The summed E-state index contributed by atoms with van der Waals surface area (Å²) >= 11 is 7.12. The zero-order chi connectivity index (χ0) is 26.5. The number of rotatable bonds is 8. The summed E-state index contributed by atoms with van der Waals surface area (Å²) < 4.78 is 5.51. The number of ether oxygens (including phenoxy) is 1. The van der Waals surface area contributed by atoms with Crippen LogP contribution in [-0.2, 0) is 9.59 Å². The maximum Gasteiger partial charge on any atom is 0.328 e. The molecule has 1 aliphatic heterocycles. The highest BCUT2D eigenvalue weighted by Gasteiger charge is 2.34. The van der Waals surface area contributed by atoms with E-state index in [0.29, 0.717) is 28.6 Å². The Morgan fingerprint density at radius 1 is 1.19 bits per heavy atom. The largest absolute Gasteiger partial charge is 0.494 e. The second-order valence-electron chi connectivity index (χ2n) is 7.84. The lowest BCUT2D eigenvalue weighted by molar-refractivity contribution is -0.122. The van der Waals surface area contributed by atoms with E-state index in [2.05, 4.69) is 25.6 Å². The van der Waals surface area contributed by atoms with Crippen molar-refractivity contribution in [2.45, 2.75) is 24.6 Å². The first-order chi connectivity index (χ1) is 17.7. The van der Waals surface area contributed by atoms with Crippen molar-refractivity contribution >= 4 is 46.0 Å². The SMILES string of the molecule is CCOc1ccccc1NC(=O)C[C@@H]1SC(=N[C@H](c2cccc(Cl)c2)c2c(O)[nH]c(=O)[nH]c2=O)NC1=O. The van der Waals surface area contributed by atoms with E-state index < -0.39 is 40.2 Å². The number of aromatic amines is 2. The monoisotopic (exact) mass is 543 g/mol. The van der Waals surface area contributed by atoms with Crippen LogP contribution in [0.3, 0.4) is 0 Å². The van der Waals surface area contributed by atoms with Gasteiger partial charge in [0.05, 0.1) is 12.3 Å². The predicted molar refractivity (Wildman–Crippen MR) is 140 cm³/mol. The number of carbonyl (C=O) groups is 2. The Balaban J connectivity index is 1.58. The summed E-state index contributed by atoms with van der Waals surface area (Å²) in [6.45, 7) is 2.26. The third kappa shape index (κ3) is 6.22. The number of amidine groups is 1. The molecule has 1 fully saturated rings. The van der Waals surface area contributed by atoms with Gasteiger partial charge in [-0.15, -0.1) is 0 Å². The molecule has 5 N–H and O–H groups in total. The number of carbonyl (C=O) groups excluding carboxylic acids is 2. The van der Waals surface area contributed by atoms with E-state index in [1.807, 2.05) is 6.92 Å². The highest BCUT2D eigenvalue weighted by atomic mass is 35.5. The van der Waals surface area contributed by atoms with Gasteiger partial charge in [-0.3, -0.25) is 24.4 Å². The van der Waals surface area contributed by atoms with Crippen molar-refractivity contribution in [3.05, 3.63) is 85.5 Å². The summed E-state index contributed by atoms with van der Waals surface area (Å²) in [5, 5.41) is 15.4. The third-order valence-electron chi connectivity index (χ3n) is 5.25. The van der Waals surface area contributed by atoms with E-state index in [4.69, 9.17) is 16.3 Å². The molecule has 37 heavy (non-hydrogen) atoms. The lowest BCUT2D eigenvalue weighted by Crippen LogP contribution is -2.29. The number of para-hydroxylation sites is 2. The standard InChI is InChI=1S/C24H22ClN5O6S/c1-2-36-15-9-4-3-8-14(15)26-17(31)11-16-20(32)30-24(37-16)27-19(12-6-5-7-13(25)10-12)18-21(33)28-23(35)29-22(18)34/h3-10,16,19H,2,11H2,1H3,(H,26,31)(H,27,30,32)(H3,28,29,33,34,35)/t16-,19+/m0/s1. The second kappa shape index (κ2) is 11.4. The fraction of sp³-hybridized carbons (Fsp3) is 0.208. The summed E-state index contributed by atoms with van der Waals surface area (Å²) in [7, 11) is 0. The first kappa shape index (κ1) is 26.0. The molecular weight excluding hydrogens is 522 g/mol. The number of nitrogens with one attached hydrogen (secondary N) is 4. The molecule has 1 aliphatic rings. The highest BCUT2D eigenvalue weighted by Crippen LogP contribution is 2.33. The normalized spacial score (nSPS) is 16.9. The first-order valence-electron chi connectivity index (χ1n) is 11.1. The summed E-state index contributed by atoms with van der Waals surface area (Å²) in [5.41, 5.74) is -1.06. The fourth-order valence-corrected chi connectivity index (χ4v) is 4.85. The van der Waals surface area contributed by atoms with Gasteiger partial charge in [-0.05, 0) is 36.8 Å². The molecule has 2 heterocycles. The number of thioether (sulfide) groups is 1. The minimum atomic E-state index is -1.12. The zero-order valence-corrected chi connectivity index (χ0v) is 21.0. The minimum Gasteiger partial charge on any atom is -0.494 e.